The van der Waals surface area contributed by atoms with E-state index in [2.05, 4.69) is 10.6 Å². The number of nitro benzene ring substituents is 1. The van der Waals surface area contributed by atoms with E-state index in [9.17, 15) is 37.5 Å². The Hall–Kier alpha value is -5.14. The lowest BCUT2D eigenvalue weighted by molar-refractivity contribution is -0.384. The number of fused-ring (bicyclic) bond motifs is 1. The van der Waals surface area contributed by atoms with Crippen LogP contribution in [-0.4, -0.2) is 35.6 Å². The molecule has 13 heteroatoms. The van der Waals surface area contributed by atoms with E-state index in [1.807, 2.05) is 0 Å². The number of rotatable bonds is 7. The molecule has 0 spiro atoms. The summed E-state index contributed by atoms with van der Waals surface area (Å²) in [5.74, 6) is -2.16. The lowest BCUT2D eigenvalue weighted by atomic mass is 10.1. The van der Waals surface area contributed by atoms with Gasteiger partial charge in [-0.3, -0.25) is 29.1 Å². The number of non-ortho nitro benzene ring substituents is 1. The number of hydrogen-bond donors (Lipinski definition) is 4. The van der Waals surface area contributed by atoms with Crippen molar-refractivity contribution >= 4 is 55.7 Å². The van der Waals surface area contributed by atoms with Crippen molar-refractivity contribution in [1.29, 1.82) is 0 Å². The predicted octanol–water partition coefficient (Wildman–Crippen LogP) is 3.60. The first-order valence-electron chi connectivity index (χ1n) is 10.7. The second-order valence-corrected chi connectivity index (χ2v) is 9.46. The minimum Gasteiger partial charge on any atom is -0.366 e. The Morgan fingerprint density at radius 2 is 1.47 bits per heavy atom. The molecular formula is C25H18N4O8S. The number of nitrogens with one attached hydrogen (secondary N) is 2. The van der Waals surface area contributed by atoms with Gasteiger partial charge in [0.25, 0.3) is 27.6 Å². The summed E-state index contributed by atoms with van der Waals surface area (Å²) < 4.78 is 32.2. The van der Waals surface area contributed by atoms with E-state index < -0.39 is 32.8 Å². The van der Waals surface area contributed by atoms with Gasteiger partial charge in [-0.1, -0.05) is 18.2 Å². The molecule has 0 atom stereocenters. The van der Waals surface area contributed by atoms with E-state index in [0.29, 0.717) is 16.5 Å². The van der Waals surface area contributed by atoms with Gasteiger partial charge in [0.2, 0.25) is 5.91 Å². The average Bonchev–Trinajstić information content (AvgIpc) is 2.87. The number of carbonyl (C=O) groups is 3. The van der Waals surface area contributed by atoms with Crippen molar-refractivity contribution in [3.8, 4) is 0 Å². The first kappa shape index (κ1) is 25.9. The molecule has 0 aliphatic rings. The fraction of sp³-hybridized carbons (Fsp3) is 0. The molecule has 0 saturated heterocycles. The van der Waals surface area contributed by atoms with Gasteiger partial charge in [0.1, 0.15) is 0 Å². The predicted molar refractivity (Wildman–Crippen MR) is 138 cm³/mol. The van der Waals surface area contributed by atoms with Crippen LogP contribution in [-0.2, 0) is 10.1 Å². The summed E-state index contributed by atoms with van der Waals surface area (Å²) in [4.78, 5) is 47.5. The van der Waals surface area contributed by atoms with E-state index in [1.54, 1.807) is 18.2 Å². The Labute approximate surface area is 215 Å². The van der Waals surface area contributed by atoms with Crippen LogP contribution in [0.25, 0.3) is 10.8 Å². The average molecular weight is 535 g/mol. The maximum Gasteiger partial charge on any atom is 0.294 e. The van der Waals surface area contributed by atoms with Crippen LogP contribution in [0.3, 0.4) is 0 Å². The summed E-state index contributed by atoms with van der Waals surface area (Å²) >= 11 is 0. The highest BCUT2D eigenvalue weighted by molar-refractivity contribution is 7.85. The minimum absolute atomic E-state index is 0.0214. The number of nitro groups is 1. The number of anilines is 2. The summed E-state index contributed by atoms with van der Waals surface area (Å²) in [6.07, 6.45) is 0. The molecule has 0 fully saturated rings. The molecule has 0 aliphatic heterocycles. The van der Waals surface area contributed by atoms with Gasteiger partial charge in [-0.15, -0.1) is 0 Å². The summed E-state index contributed by atoms with van der Waals surface area (Å²) in [6, 6.07) is 17.3. The zero-order valence-electron chi connectivity index (χ0n) is 19.2. The molecule has 12 nitrogen and oxygen atoms in total. The van der Waals surface area contributed by atoms with Crippen molar-refractivity contribution in [2.24, 2.45) is 5.73 Å². The molecule has 0 aliphatic carbocycles. The van der Waals surface area contributed by atoms with Gasteiger partial charge in [0.05, 0.1) is 9.82 Å². The topological polar surface area (TPSA) is 199 Å². The molecule has 192 valence electrons. The molecule has 5 N–H and O–H groups in total. The summed E-state index contributed by atoms with van der Waals surface area (Å²) in [6.45, 7) is 0. The van der Waals surface area contributed by atoms with Crippen molar-refractivity contribution < 1.29 is 32.3 Å². The van der Waals surface area contributed by atoms with Crippen LogP contribution >= 0.6 is 0 Å². The molecule has 3 amide bonds. The lowest BCUT2D eigenvalue weighted by Crippen LogP contribution is -2.18. The monoisotopic (exact) mass is 534 g/mol. The Morgan fingerprint density at radius 1 is 0.816 bits per heavy atom. The number of nitrogens with two attached hydrogens (primary N) is 1. The normalized spacial score (nSPS) is 11.1. The second-order valence-electron chi connectivity index (χ2n) is 8.04. The molecule has 0 saturated carbocycles. The maximum atomic E-state index is 13.1. The quantitative estimate of drug-likeness (QED) is 0.156. The van der Waals surface area contributed by atoms with Crippen molar-refractivity contribution in [1.82, 2.24) is 0 Å². The lowest BCUT2D eigenvalue weighted by Gasteiger charge is -2.12. The van der Waals surface area contributed by atoms with Gasteiger partial charge in [-0.25, -0.2) is 0 Å². The Morgan fingerprint density at radius 3 is 2.11 bits per heavy atom. The van der Waals surface area contributed by atoms with Crippen LogP contribution in [0.15, 0.2) is 83.8 Å². The van der Waals surface area contributed by atoms with Gasteiger partial charge in [0.15, 0.2) is 0 Å². The van der Waals surface area contributed by atoms with Gasteiger partial charge >= 0.3 is 0 Å². The Bertz CT molecular complexity index is 1730. The Balaban J connectivity index is 1.63. The van der Waals surface area contributed by atoms with Crippen molar-refractivity contribution in [3.63, 3.8) is 0 Å². The SMILES string of the molecule is NC(=O)c1cc(NC(=O)c2ccc([N+](=O)[O-])cc2)cc(C(=O)Nc2cccc3cc(S(=O)(=O)O)ccc23)c1. The van der Waals surface area contributed by atoms with Crippen LogP contribution in [0.5, 0.6) is 0 Å². The molecule has 4 aromatic rings. The third-order valence-electron chi connectivity index (χ3n) is 5.48. The fourth-order valence-corrected chi connectivity index (χ4v) is 4.15. The number of primary amides is 1. The standard InChI is InChI=1S/C25H18N4O8S/c26-23(30)16-10-17(12-18(11-16)27-24(31)14-4-6-19(7-5-14)29(33)34)25(32)28-22-3-1-2-15-13-20(38(35,36)37)8-9-21(15)22/h1-13H,(H2,26,30)(H,27,31)(H,28,32)(H,35,36,37). The van der Waals surface area contributed by atoms with Crippen LogP contribution in [0.4, 0.5) is 17.1 Å². The van der Waals surface area contributed by atoms with Crippen LogP contribution in [0, 0.1) is 10.1 Å². The van der Waals surface area contributed by atoms with Gasteiger partial charge < -0.3 is 16.4 Å². The molecule has 0 unspecified atom stereocenters. The zero-order chi connectivity index (χ0) is 27.6. The van der Waals surface area contributed by atoms with Crippen LogP contribution in [0.2, 0.25) is 0 Å². The third-order valence-corrected chi connectivity index (χ3v) is 6.33. The highest BCUT2D eigenvalue weighted by Gasteiger charge is 2.17. The Kier molecular flexibility index (Phi) is 6.88. The molecule has 0 bridgehead atoms. The largest absolute Gasteiger partial charge is 0.366 e. The molecule has 0 radical (unpaired) electrons. The summed E-state index contributed by atoms with van der Waals surface area (Å²) in [7, 11) is -4.42. The number of benzene rings is 4. The third kappa shape index (κ3) is 5.64. The van der Waals surface area contributed by atoms with Gasteiger partial charge in [0, 0.05) is 45.6 Å². The van der Waals surface area contributed by atoms with Crippen LogP contribution in [0.1, 0.15) is 31.1 Å². The van der Waals surface area contributed by atoms with Crippen molar-refractivity contribution in [3.05, 3.63) is 106 Å². The summed E-state index contributed by atoms with van der Waals surface area (Å²) in [5.41, 5.74) is 5.61. The van der Waals surface area contributed by atoms with Gasteiger partial charge in [-0.05, 0) is 53.9 Å². The highest BCUT2D eigenvalue weighted by Crippen LogP contribution is 2.27. The smallest absolute Gasteiger partial charge is 0.294 e. The van der Waals surface area contributed by atoms with E-state index >= 15 is 0 Å². The second kappa shape index (κ2) is 10.1. The first-order valence-corrected chi connectivity index (χ1v) is 12.2. The minimum atomic E-state index is -4.42. The van der Waals surface area contributed by atoms with Gasteiger partial charge in [-0.2, -0.15) is 8.42 Å². The molecular weight excluding hydrogens is 516 g/mol. The molecule has 0 heterocycles. The van der Waals surface area contributed by atoms with E-state index in [4.69, 9.17) is 5.73 Å². The summed E-state index contributed by atoms with van der Waals surface area (Å²) in [5, 5.41) is 16.9. The molecule has 4 rings (SSSR count). The van der Waals surface area contributed by atoms with Crippen LogP contribution < -0.4 is 16.4 Å². The maximum absolute atomic E-state index is 13.1. The highest BCUT2D eigenvalue weighted by atomic mass is 32.2. The molecule has 0 aromatic heterocycles. The molecule has 4 aromatic carbocycles. The number of carbonyl (C=O) groups excluding carboxylic acids is 3. The number of hydrogen-bond acceptors (Lipinski definition) is 7. The number of amides is 3. The fourth-order valence-electron chi connectivity index (χ4n) is 3.64. The molecule has 38 heavy (non-hydrogen) atoms. The zero-order valence-corrected chi connectivity index (χ0v) is 20.1. The van der Waals surface area contributed by atoms with E-state index in [-0.39, 0.29) is 33.0 Å². The first-order chi connectivity index (χ1) is 17.9. The van der Waals surface area contributed by atoms with E-state index in [0.717, 1.165) is 12.1 Å². The van der Waals surface area contributed by atoms with E-state index in [1.165, 1.54) is 48.5 Å². The van der Waals surface area contributed by atoms with Crippen molar-refractivity contribution in [2.75, 3.05) is 10.6 Å². The van der Waals surface area contributed by atoms with Crippen molar-refractivity contribution in [2.45, 2.75) is 4.90 Å². The number of nitrogens with zero attached hydrogens (tertiary/aromatic N) is 1.